The van der Waals surface area contributed by atoms with Crippen molar-refractivity contribution in [1.29, 1.82) is 0 Å². The summed E-state index contributed by atoms with van der Waals surface area (Å²) in [6, 6.07) is 12.3. The number of halogens is 2. The number of phenols is 1. The van der Waals surface area contributed by atoms with E-state index in [-0.39, 0.29) is 5.75 Å². The quantitative estimate of drug-likeness (QED) is 0.737. The molecular formula is C14H8BrClN2O2. The Morgan fingerprint density at radius 3 is 2.70 bits per heavy atom. The van der Waals surface area contributed by atoms with E-state index < -0.39 is 0 Å². The first-order valence-electron chi connectivity index (χ1n) is 5.72. The van der Waals surface area contributed by atoms with Gasteiger partial charge in [0.25, 0.3) is 5.89 Å². The second-order valence-electron chi connectivity index (χ2n) is 4.07. The molecule has 20 heavy (non-hydrogen) atoms. The van der Waals surface area contributed by atoms with Gasteiger partial charge in [0.2, 0.25) is 5.82 Å². The van der Waals surface area contributed by atoms with Crippen LogP contribution in [0, 0.1) is 0 Å². The number of phenolic OH excluding ortho intramolecular Hbond substituents is 1. The van der Waals surface area contributed by atoms with Crippen molar-refractivity contribution in [1.82, 2.24) is 10.1 Å². The maximum Gasteiger partial charge on any atom is 0.258 e. The maximum absolute atomic E-state index is 9.67. The lowest BCUT2D eigenvalue weighted by Gasteiger charge is -1.98. The van der Waals surface area contributed by atoms with E-state index in [0.717, 1.165) is 0 Å². The molecule has 0 aliphatic rings. The number of rotatable bonds is 2. The number of aromatic hydroxyl groups is 1. The Balaban J connectivity index is 2.02. The van der Waals surface area contributed by atoms with Crippen LogP contribution in [0.5, 0.6) is 5.75 Å². The Hall–Kier alpha value is -1.85. The Labute approximate surface area is 128 Å². The Bertz CT molecular complexity index is 773. The van der Waals surface area contributed by atoms with Crippen molar-refractivity contribution >= 4 is 27.5 Å². The van der Waals surface area contributed by atoms with Gasteiger partial charge in [0, 0.05) is 11.1 Å². The lowest BCUT2D eigenvalue weighted by atomic mass is 10.2. The smallest absolute Gasteiger partial charge is 0.258 e. The van der Waals surface area contributed by atoms with Crippen molar-refractivity contribution in [3.05, 3.63) is 52.0 Å². The third-order valence-corrected chi connectivity index (χ3v) is 3.73. The molecular weight excluding hydrogens is 344 g/mol. The molecule has 0 saturated heterocycles. The average Bonchev–Trinajstić information content (AvgIpc) is 2.92. The van der Waals surface area contributed by atoms with E-state index in [1.807, 2.05) is 18.2 Å². The van der Waals surface area contributed by atoms with Gasteiger partial charge in [-0.05, 0) is 46.3 Å². The van der Waals surface area contributed by atoms with Crippen molar-refractivity contribution < 1.29 is 9.63 Å². The molecule has 0 amide bonds. The van der Waals surface area contributed by atoms with E-state index in [0.29, 0.717) is 32.3 Å². The summed E-state index contributed by atoms with van der Waals surface area (Å²) in [6.07, 6.45) is 0. The second kappa shape index (κ2) is 5.26. The molecule has 6 heteroatoms. The van der Waals surface area contributed by atoms with Gasteiger partial charge >= 0.3 is 0 Å². The molecule has 100 valence electrons. The molecule has 3 rings (SSSR count). The van der Waals surface area contributed by atoms with Gasteiger partial charge in [0.15, 0.2) is 0 Å². The van der Waals surface area contributed by atoms with E-state index >= 15 is 0 Å². The number of aromatic nitrogens is 2. The highest BCUT2D eigenvalue weighted by Gasteiger charge is 2.13. The molecule has 0 spiro atoms. The molecule has 0 radical (unpaired) electrons. The fraction of sp³-hybridized carbons (Fsp3) is 0. The van der Waals surface area contributed by atoms with E-state index in [4.69, 9.17) is 16.1 Å². The van der Waals surface area contributed by atoms with Crippen molar-refractivity contribution in [3.63, 3.8) is 0 Å². The molecule has 3 aromatic rings. The molecule has 4 nitrogen and oxygen atoms in total. The zero-order valence-corrected chi connectivity index (χ0v) is 12.4. The number of hydrogen-bond acceptors (Lipinski definition) is 4. The van der Waals surface area contributed by atoms with Gasteiger partial charge in [0.1, 0.15) is 5.75 Å². The van der Waals surface area contributed by atoms with Crippen LogP contribution in [0.2, 0.25) is 5.02 Å². The van der Waals surface area contributed by atoms with Crippen molar-refractivity contribution in [2.45, 2.75) is 0 Å². The van der Waals surface area contributed by atoms with Crippen LogP contribution in [0.3, 0.4) is 0 Å². The monoisotopic (exact) mass is 350 g/mol. The third kappa shape index (κ3) is 2.42. The number of nitrogens with zero attached hydrogens (tertiary/aromatic N) is 2. The summed E-state index contributed by atoms with van der Waals surface area (Å²) in [6.45, 7) is 0. The first kappa shape index (κ1) is 13.1. The Kier molecular flexibility index (Phi) is 3.46. The average molecular weight is 352 g/mol. The van der Waals surface area contributed by atoms with Gasteiger partial charge < -0.3 is 9.63 Å². The molecule has 0 unspecified atom stereocenters. The minimum Gasteiger partial charge on any atom is -0.507 e. The highest BCUT2D eigenvalue weighted by molar-refractivity contribution is 9.10. The number of benzene rings is 2. The zero-order chi connectivity index (χ0) is 14.1. The largest absolute Gasteiger partial charge is 0.507 e. The standard InChI is InChI=1S/C14H8BrClN2O2/c15-10-6-5-8(7-12(10)19)14-17-13(18-20-14)9-3-1-2-4-11(9)16/h1-7,19H. The molecule has 2 aromatic carbocycles. The summed E-state index contributed by atoms with van der Waals surface area (Å²) in [7, 11) is 0. The van der Waals surface area contributed by atoms with E-state index in [1.165, 1.54) is 0 Å². The molecule has 0 aliphatic heterocycles. The normalized spacial score (nSPS) is 10.7. The minimum absolute atomic E-state index is 0.111. The predicted molar refractivity (Wildman–Crippen MR) is 79.5 cm³/mol. The third-order valence-electron chi connectivity index (χ3n) is 2.73. The van der Waals surface area contributed by atoms with Crippen LogP contribution in [0.25, 0.3) is 22.8 Å². The first-order chi connectivity index (χ1) is 9.65. The maximum atomic E-state index is 9.67. The van der Waals surface area contributed by atoms with Gasteiger partial charge in [-0.1, -0.05) is 28.9 Å². The highest BCUT2D eigenvalue weighted by atomic mass is 79.9. The van der Waals surface area contributed by atoms with E-state index in [2.05, 4.69) is 26.1 Å². The highest BCUT2D eigenvalue weighted by Crippen LogP contribution is 2.31. The molecule has 1 N–H and O–H groups in total. The van der Waals surface area contributed by atoms with Gasteiger partial charge in [-0.3, -0.25) is 0 Å². The van der Waals surface area contributed by atoms with Crippen LogP contribution in [0.4, 0.5) is 0 Å². The van der Waals surface area contributed by atoms with Crippen LogP contribution in [0.1, 0.15) is 0 Å². The van der Waals surface area contributed by atoms with Crippen molar-refractivity contribution in [2.24, 2.45) is 0 Å². The first-order valence-corrected chi connectivity index (χ1v) is 6.90. The summed E-state index contributed by atoms with van der Waals surface area (Å²) in [5.41, 5.74) is 1.34. The minimum atomic E-state index is 0.111. The molecule has 1 aromatic heterocycles. The number of hydrogen-bond donors (Lipinski definition) is 1. The van der Waals surface area contributed by atoms with Gasteiger partial charge in [-0.25, -0.2) is 0 Å². The summed E-state index contributed by atoms with van der Waals surface area (Å²) < 4.78 is 5.81. The van der Waals surface area contributed by atoms with E-state index in [9.17, 15) is 5.11 Å². The summed E-state index contributed by atoms with van der Waals surface area (Å²) in [5, 5.41) is 14.1. The van der Waals surface area contributed by atoms with Crippen molar-refractivity contribution in [3.8, 4) is 28.6 Å². The molecule has 0 bridgehead atoms. The van der Waals surface area contributed by atoms with Crippen molar-refractivity contribution in [2.75, 3.05) is 0 Å². The summed E-state index contributed by atoms with van der Waals surface area (Å²) in [4.78, 5) is 4.29. The van der Waals surface area contributed by atoms with Crippen LogP contribution in [-0.2, 0) is 0 Å². The lowest BCUT2D eigenvalue weighted by molar-refractivity contribution is 0.431. The van der Waals surface area contributed by atoms with Gasteiger partial charge in [-0.2, -0.15) is 4.98 Å². The second-order valence-corrected chi connectivity index (χ2v) is 5.33. The molecule has 1 heterocycles. The Morgan fingerprint density at radius 1 is 1.15 bits per heavy atom. The van der Waals surface area contributed by atoms with Crippen LogP contribution < -0.4 is 0 Å². The van der Waals surface area contributed by atoms with Gasteiger partial charge in [-0.15, -0.1) is 0 Å². The molecule has 0 aliphatic carbocycles. The lowest BCUT2D eigenvalue weighted by Crippen LogP contribution is -1.82. The SMILES string of the molecule is Oc1cc(-c2nc(-c3ccccc3Cl)no2)ccc1Br. The van der Waals surface area contributed by atoms with Crippen LogP contribution in [0.15, 0.2) is 51.5 Å². The molecule has 0 atom stereocenters. The molecule has 0 fully saturated rings. The summed E-state index contributed by atoms with van der Waals surface area (Å²) in [5.74, 6) is 0.843. The Morgan fingerprint density at radius 2 is 1.95 bits per heavy atom. The van der Waals surface area contributed by atoms with Crippen LogP contribution in [-0.4, -0.2) is 15.2 Å². The van der Waals surface area contributed by atoms with E-state index in [1.54, 1.807) is 24.3 Å². The topological polar surface area (TPSA) is 59.2 Å². The van der Waals surface area contributed by atoms with Gasteiger partial charge in [0.05, 0.1) is 9.50 Å². The zero-order valence-electron chi connectivity index (χ0n) is 10.0. The van der Waals surface area contributed by atoms with Crippen LogP contribution >= 0.6 is 27.5 Å². The summed E-state index contributed by atoms with van der Waals surface area (Å²) >= 11 is 9.31. The molecule has 0 saturated carbocycles. The fourth-order valence-electron chi connectivity index (χ4n) is 1.74. The fourth-order valence-corrected chi connectivity index (χ4v) is 2.21. The predicted octanol–water partition coefficient (Wildman–Crippen LogP) is 4.53.